The lowest BCUT2D eigenvalue weighted by atomic mass is 10.1. The predicted molar refractivity (Wildman–Crippen MR) is 116 cm³/mol. The maximum atomic E-state index is 13.0. The monoisotopic (exact) mass is 398 g/mol. The topological polar surface area (TPSA) is 34.1 Å². The average molecular weight is 399 g/mol. The van der Waals surface area contributed by atoms with Gasteiger partial charge in [0.1, 0.15) is 11.6 Å². The molecule has 0 amide bonds. The second-order valence-corrected chi connectivity index (χ2v) is 7.67. The van der Waals surface area contributed by atoms with Crippen LogP contribution in [0.15, 0.2) is 53.9 Å². The summed E-state index contributed by atoms with van der Waals surface area (Å²) in [5, 5.41) is 6.08. The van der Waals surface area contributed by atoms with Gasteiger partial charge in [0, 0.05) is 16.6 Å². The summed E-state index contributed by atoms with van der Waals surface area (Å²) in [6, 6.07) is 14.3. The molecule has 1 aromatic heterocycles. The minimum atomic E-state index is -0.240. The molecule has 1 heterocycles. The van der Waals surface area contributed by atoms with Gasteiger partial charge in [-0.3, -0.25) is 0 Å². The molecule has 0 radical (unpaired) electrons. The third kappa shape index (κ3) is 6.34. The van der Waals surface area contributed by atoms with Crippen molar-refractivity contribution in [2.24, 2.45) is 0 Å². The molecule has 0 spiro atoms. The fourth-order valence-corrected chi connectivity index (χ4v) is 3.65. The van der Waals surface area contributed by atoms with E-state index in [2.05, 4.69) is 17.2 Å². The van der Waals surface area contributed by atoms with Gasteiger partial charge in [0.15, 0.2) is 5.13 Å². The van der Waals surface area contributed by atoms with Gasteiger partial charge in [0.05, 0.1) is 12.3 Å². The Balaban J connectivity index is 1.45. The average Bonchev–Trinajstić information content (AvgIpc) is 3.17. The summed E-state index contributed by atoms with van der Waals surface area (Å²) in [6.45, 7) is 3.01. The zero-order chi connectivity index (χ0) is 19.6. The highest BCUT2D eigenvalue weighted by Crippen LogP contribution is 2.28. The second kappa shape index (κ2) is 10.8. The van der Waals surface area contributed by atoms with Gasteiger partial charge in [-0.1, -0.05) is 39.0 Å². The van der Waals surface area contributed by atoms with Crippen LogP contribution in [0.4, 0.5) is 15.2 Å². The molecule has 1 N–H and O–H groups in total. The zero-order valence-corrected chi connectivity index (χ0v) is 17.1. The maximum absolute atomic E-state index is 13.0. The third-order valence-corrected chi connectivity index (χ3v) is 5.27. The van der Waals surface area contributed by atoms with Crippen molar-refractivity contribution in [3.63, 3.8) is 0 Å². The lowest BCUT2D eigenvalue weighted by Gasteiger charge is -2.08. The Morgan fingerprint density at radius 2 is 1.64 bits per heavy atom. The van der Waals surface area contributed by atoms with E-state index in [0.29, 0.717) is 0 Å². The van der Waals surface area contributed by atoms with Crippen LogP contribution in [0.5, 0.6) is 5.75 Å². The summed E-state index contributed by atoms with van der Waals surface area (Å²) in [7, 11) is 0. The number of hydrogen-bond acceptors (Lipinski definition) is 4. The van der Waals surface area contributed by atoms with Crippen molar-refractivity contribution in [1.29, 1.82) is 0 Å². The van der Waals surface area contributed by atoms with Crippen LogP contribution in [0.2, 0.25) is 0 Å². The van der Waals surface area contributed by atoms with E-state index in [1.54, 1.807) is 12.1 Å². The van der Waals surface area contributed by atoms with Crippen LogP contribution in [-0.2, 0) is 0 Å². The number of unbranched alkanes of at least 4 members (excludes halogenated alkanes) is 5. The van der Waals surface area contributed by atoms with Crippen LogP contribution in [0.3, 0.4) is 0 Å². The molecule has 0 aliphatic rings. The Morgan fingerprint density at radius 3 is 2.39 bits per heavy atom. The smallest absolute Gasteiger partial charge is 0.187 e. The minimum absolute atomic E-state index is 0.240. The molecule has 0 saturated carbocycles. The van der Waals surface area contributed by atoms with E-state index in [1.165, 1.54) is 55.6 Å². The Bertz CT molecular complexity index is 831. The van der Waals surface area contributed by atoms with E-state index in [4.69, 9.17) is 4.74 Å². The summed E-state index contributed by atoms with van der Waals surface area (Å²) in [5.74, 6) is 0.654. The van der Waals surface area contributed by atoms with Crippen LogP contribution in [-0.4, -0.2) is 11.6 Å². The highest BCUT2D eigenvalue weighted by atomic mass is 32.1. The fraction of sp³-hybridized carbons (Fsp3) is 0.348. The Morgan fingerprint density at radius 1 is 0.929 bits per heavy atom. The number of anilines is 2. The van der Waals surface area contributed by atoms with Crippen molar-refractivity contribution in [3.05, 3.63) is 59.7 Å². The van der Waals surface area contributed by atoms with Crippen LogP contribution >= 0.6 is 11.3 Å². The molecule has 0 aliphatic carbocycles. The molecule has 0 unspecified atom stereocenters. The first-order chi connectivity index (χ1) is 13.7. The molecule has 3 aromatic rings. The summed E-state index contributed by atoms with van der Waals surface area (Å²) >= 11 is 1.53. The van der Waals surface area contributed by atoms with Gasteiger partial charge in [-0.2, -0.15) is 0 Å². The predicted octanol–water partition coefficient (Wildman–Crippen LogP) is 7.43. The number of rotatable bonds is 11. The number of aromatic nitrogens is 1. The molecular weight excluding hydrogens is 371 g/mol. The fourth-order valence-electron chi connectivity index (χ4n) is 2.91. The van der Waals surface area contributed by atoms with E-state index < -0.39 is 0 Å². The first-order valence-electron chi connectivity index (χ1n) is 9.96. The molecule has 0 bridgehead atoms. The van der Waals surface area contributed by atoms with Gasteiger partial charge >= 0.3 is 0 Å². The normalized spacial score (nSPS) is 10.8. The highest BCUT2D eigenvalue weighted by molar-refractivity contribution is 7.14. The van der Waals surface area contributed by atoms with Crippen LogP contribution in [0.1, 0.15) is 45.4 Å². The molecule has 148 valence electrons. The number of benzene rings is 2. The van der Waals surface area contributed by atoms with E-state index >= 15 is 0 Å². The van der Waals surface area contributed by atoms with Crippen molar-refractivity contribution in [3.8, 4) is 17.0 Å². The molecule has 5 heteroatoms. The summed E-state index contributed by atoms with van der Waals surface area (Å²) < 4.78 is 18.9. The standard InChI is InChI=1S/C23H27FN2OS/c1-2-3-4-5-6-7-16-27-21-14-12-20(13-15-21)25-23-26-22(17-28-23)18-8-10-19(24)11-9-18/h8-15,17H,2-7,16H2,1H3,(H,25,26). The van der Waals surface area contributed by atoms with Crippen molar-refractivity contribution in [2.75, 3.05) is 11.9 Å². The van der Waals surface area contributed by atoms with Gasteiger partial charge in [-0.05, 0) is 55.0 Å². The summed E-state index contributed by atoms with van der Waals surface area (Å²) in [5.41, 5.74) is 2.71. The first-order valence-corrected chi connectivity index (χ1v) is 10.8. The molecule has 0 atom stereocenters. The van der Waals surface area contributed by atoms with Gasteiger partial charge in [-0.25, -0.2) is 9.37 Å². The Kier molecular flexibility index (Phi) is 7.85. The third-order valence-electron chi connectivity index (χ3n) is 4.52. The number of ether oxygens (including phenoxy) is 1. The van der Waals surface area contributed by atoms with Gasteiger partial charge < -0.3 is 10.1 Å². The SMILES string of the molecule is CCCCCCCCOc1ccc(Nc2nc(-c3ccc(F)cc3)cs2)cc1. The Labute approximate surface area is 170 Å². The van der Waals surface area contributed by atoms with E-state index in [1.807, 2.05) is 29.6 Å². The van der Waals surface area contributed by atoms with Crippen LogP contribution in [0.25, 0.3) is 11.3 Å². The van der Waals surface area contributed by atoms with Crippen molar-refractivity contribution in [2.45, 2.75) is 45.4 Å². The van der Waals surface area contributed by atoms with Gasteiger partial charge in [-0.15, -0.1) is 11.3 Å². The molecule has 3 nitrogen and oxygen atoms in total. The Hall–Kier alpha value is -2.40. The largest absolute Gasteiger partial charge is 0.494 e. The zero-order valence-electron chi connectivity index (χ0n) is 16.3. The van der Waals surface area contributed by atoms with Gasteiger partial charge in [0.2, 0.25) is 0 Å². The summed E-state index contributed by atoms with van der Waals surface area (Å²) in [4.78, 5) is 4.57. The molecule has 28 heavy (non-hydrogen) atoms. The maximum Gasteiger partial charge on any atom is 0.187 e. The van der Waals surface area contributed by atoms with E-state index in [0.717, 1.165) is 40.9 Å². The lowest BCUT2D eigenvalue weighted by molar-refractivity contribution is 0.304. The first kappa shape index (κ1) is 20.3. The van der Waals surface area contributed by atoms with Crippen LogP contribution in [0, 0.1) is 5.82 Å². The molecule has 0 fully saturated rings. The van der Waals surface area contributed by atoms with Crippen molar-refractivity contribution < 1.29 is 9.13 Å². The molecule has 3 rings (SSSR count). The van der Waals surface area contributed by atoms with Crippen molar-refractivity contribution >= 4 is 22.2 Å². The van der Waals surface area contributed by atoms with Gasteiger partial charge in [0.25, 0.3) is 0 Å². The summed E-state index contributed by atoms with van der Waals surface area (Å²) in [6.07, 6.45) is 7.59. The quantitative estimate of drug-likeness (QED) is 0.341. The molecular formula is C23H27FN2OS. The molecule has 0 saturated heterocycles. The van der Waals surface area contributed by atoms with Crippen molar-refractivity contribution in [1.82, 2.24) is 4.98 Å². The van der Waals surface area contributed by atoms with E-state index in [-0.39, 0.29) is 5.82 Å². The highest BCUT2D eigenvalue weighted by Gasteiger charge is 2.05. The number of nitrogens with zero attached hydrogens (tertiary/aromatic N) is 1. The van der Waals surface area contributed by atoms with Crippen LogP contribution < -0.4 is 10.1 Å². The number of halogens is 1. The molecule has 0 aliphatic heterocycles. The lowest BCUT2D eigenvalue weighted by Crippen LogP contribution is -1.97. The second-order valence-electron chi connectivity index (χ2n) is 6.81. The molecule has 2 aromatic carbocycles. The number of hydrogen-bond donors (Lipinski definition) is 1. The number of thiazole rings is 1. The minimum Gasteiger partial charge on any atom is -0.494 e. The van der Waals surface area contributed by atoms with E-state index in [9.17, 15) is 4.39 Å². The number of nitrogens with one attached hydrogen (secondary N) is 1.